The maximum absolute atomic E-state index is 10.9. The van der Waals surface area contributed by atoms with Crippen molar-refractivity contribution in [3.63, 3.8) is 0 Å². The fraction of sp³-hybridized carbons (Fsp3) is 0.600. The number of benzene rings is 1. The van der Waals surface area contributed by atoms with Gasteiger partial charge in [-0.2, -0.15) is 0 Å². The van der Waals surface area contributed by atoms with Crippen LogP contribution in [0, 0.1) is 10.1 Å². The topological polar surface area (TPSA) is 55.6 Å². The lowest BCUT2D eigenvalue weighted by atomic mass is 9.94. The molecule has 5 heteroatoms. The van der Waals surface area contributed by atoms with Gasteiger partial charge in [0.05, 0.1) is 12.0 Å². The van der Waals surface area contributed by atoms with Gasteiger partial charge in [-0.15, -0.1) is 0 Å². The zero-order chi connectivity index (χ0) is 14.5. The van der Waals surface area contributed by atoms with Crippen LogP contribution in [0.1, 0.15) is 37.7 Å². The molecule has 0 spiro atoms. The Balaban J connectivity index is 2.13. The molecule has 1 aliphatic rings. The lowest BCUT2D eigenvalue weighted by Gasteiger charge is -2.31. The molecule has 0 N–H and O–H groups in total. The van der Waals surface area contributed by atoms with E-state index in [1.54, 1.807) is 19.2 Å². The Labute approximate surface area is 119 Å². The van der Waals surface area contributed by atoms with Crippen LogP contribution in [0.5, 0.6) is 5.75 Å². The van der Waals surface area contributed by atoms with Crippen molar-refractivity contribution in [1.29, 1.82) is 0 Å². The second kappa shape index (κ2) is 6.70. The zero-order valence-electron chi connectivity index (χ0n) is 12.2. The SMILES string of the molecule is COc1ccc([N+](=O)[O-])cc1CN(C)C1CCCCC1. The Kier molecular flexibility index (Phi) is 4.95. The highest BCUT2D eigenvalue weighted by molar-refractivity contribution is 5.43. The second-order valence-electron chi connectivity index (χ2n) is 5.46. The number of nitro groups is 1. The Hall–Kier alpha value is -1.62. The first-order valence-electron chi connectivity index (χ1n) is 7.13. The van der Waals surface area contributed by atoms with E-state index in [4.69, 9.17) is 4.74 Å². The molecular weight excluding hydrogens is 256 g/mol. The lowest BCUT2D eigenvalue weighted by molar-refractivity contribution is -0.385. The lowest BCUT2D eigenvalue weighted by Crippen LogP contribution is -2.33. The minimum atomic E-state index is -0.358. The summed E-state index contributed by atoms with van der Waals surface area (Å²) < 4.78 is 5.32. The van der Waals surface area contributed by atoms with Gasteiger partial charge in [-0.3, -0.25) is 15.0 Å². The molecule has 5 nitrogen and oxygen atoms in total. The van der Waals surface area contributed by atoms with Crippen molar-refractivity contribution in [3.05, 3.63) is 33.9 Å². The highest BCUT2D eigenvalue weighted by Crippen LogP contribution is 2.28. The number of hydrogen-bond acceptors (Lipinski definition) is 4. The van der Waals surface area contributed by atoms with Gasteiger partial charge in [-0.1, -0.05) is 19.3 Å². The Morgan fingerprint density at radius 1 is 1.35 bits per heavy atom. The van der Waals surface area contributed by atoms with Gasteiger partial charge in [0.2, 0.25) is 0 Å². The first-order chi connectivity index (χ1) is 9.61. The summed E-state index contributed by atoms with van der Waals surface area (Å²) in [6.07, 6.45) is 6.31. The van der Waals surface area contributed by atoms with E-state index in [2.05, 4.69) is 11.9 Å². The first kappa shape index (κ1) is 14.8. The quantitative estimate of drug-likeness (QED) is 0.612. The van der Waals surface area contributed by atoms with Crippen molar-refractivity contribution < 1.29 is 9.66 Å². The number of hydrogen-bond donors (Lipinski definition) is 0. The van der Waals surface area contributed by atoms with Gasteiger partial charge in [-0.05, 0) is 26.0 Å². The zero-order valence-corrected chi connectivity index (χ0v) is 12.2. The predicted octanol–water partition coefficient (Wildman–Crippen LogP) is 3.37. The van der Waals surface area contributed by atoms with Gasteiger partial charge in [0.25, 0.3) is 5.69 Å². The molecule has 2 rings (SSSR count). The molecule has 0 heterocycles. The van der Waals surface area contributed by atoms with Gasteiger partial charge >= 0.3 is 0 Å². The number of nitrogens with zero attached hydrogens (tertiary/aromatic N) is 2. The van der Waals surface area contributed by atoms with E-state index in [0.717, 1.165) is 11.3 Å². The van der Waals surface area contributed by atoms with Crippen LogP contribution in [0.2, 0.25) is 0 Å². The highest BCUT2D eigenvalue weighted by Gasteiger charge is 2.20. The van der Waals surface area contributed by atoms with E-state index < -0.39 is 0 Å². The smallest absolute Gasteiger partial charge is 0.270 e. The van der Waals surface area contributed by atoms with Crippen LogP contribution >= 0.6 is 0 Å². The molecule has 110 valence electrons. The van der Waals surface area contributed by atoms with Crippen LogP contribution in [0.3, 0.4) is 0 Å². The summed E-state index contributed by atoms with van der Waals surface area (Å²) >= 11 is 0. The van der Waals surface area contributed by atoms with E-state index in [-0.39, 0.29) is 10.6 Å². The van der Waals surface area contributed by atoms with Crippen molar-refractivity contribution >= 4 is 5.69 Å². The monoisotopic (exact) mass is 278 g/mol. The Morgan fingerprint density at radius 2 is 2.05 bits per heavy atom. The molecule has 0 aliphatic heterocycles. The fourth-order valence-electron chi connectivity index (χ4n) is 2.92. The van der Waals surface area contributed by atoms with Gasteiger partial charge in [0.1, 0.15) is 5.75 Å². The normalized spacial score (nSPS) is 16.4. The van der Waals surface area contributed by atoms with Crippen molar-refractivity contribution in [3.8, 4) is 5.75 Å². The third kappa shape index (κ3) is 3.48. The minimum Gasteiger partial charge on any atom is -0.496 e. The average molecular weight is 278 g/mol. The van der Waals surface area contributed by atoms with E-state index in [0.29, 0.717) is 12.6 Å². The Bertz CT molecular complexity index is 470. The minimum absolute atomic E-state index is 0.123. The average Bonchev–Trinajstić information content (AvgIpc) is 2.48. The molecular formula is C15H22N2O3. The second-order valence-corrected chi connectivity index (χ2v) is 5.46. The summed E-state index contributed by atoms with van der Waals surface area (Å²) in [5, 5.41) is 10.9. The number of nitro benzene ring substituents is 1. The Morgan fingerprint density at radius 3 is 2.65 bits per heavy atom. The number of rotatable bonds is 5. The molecule has 0 bridgehead atoms. The largest absolute Gasteiger partial charge is 0.496 e. The highest BCUT2D eigenvalue weighted by atomic mass is 16.6. The van der Waals surface area contributed by atoms with Gasteiger partial charge in [0, 0.05) is 30.3 Å². The molecule has 1 saturated carbocycles. The summed E-state index contributed by atoms with van der Waals surface area (Å²) in [7, 11) is 3.69. The summed E-state index contributed by atoms with van der Waals surface area (Å²) in [5.41, 5.74) is 1.01. The third-order valence-electron chi connectivity index (χ3n) is 4.09. The standard InChI is InChI=1S/C15H22N2O3/c1-16(13-6-4-3-5-7-13)11-12-10-14(17(18)19)8-9-15(12)20-2/h8-10,13H,3-7,11H2,1-2H3. The summed E-state index contributed by atoms with van der Waals surface area (Å²) in [6.45, 7) is 0.690. The fourth-order valence-corrected chi connectivity index (χ4v) is 2.92. The van der Waals surface area contributed by atoms with Crippen LogP contribution in [0.4, 0.5) is 5.69 Å². The maximum Gasteiger partial charge on any atom is 0.270 e. The van der Waals surface area contributed by atoms with E-state index in [1.807, 2.05) is 0 Å². The van der Waals surface area contributed by atoms with Crippen LogP contribution in [0.25, 0.3) is 0 Å². The molecule has 0 aromatic heterocycles. The van der Waals surface area contributed by atoms with E-state index in [9.17, 15) is 10.1 Å². The first-order valence-corrected chi connectivity index (χ1v) is 7.13. The van der Waals surface area contributed by atoms with Crippen LogP contribution < -0.4 is 4.74 Å². The molecule has 20 heavy (non-hydrogen) atoms. The molecule has 1 fully saturated rings. The molecule has 1 aromatic rings. The van der Waals surface area contributed by atoms with Gasteiger partial charge < -0.3 is 4.74 Å². The summed E-state index contributed by atoms with van der Waals surface area (Å²) in [4.78, 5) is 12.8. The molecule has 0 atom stereocenters. The van der Waals surface area contributed by atoms with Crippen LogP contribution in [0.15, 0.2) is 18.2 Å². The van der Waals surface area contributed by atoms with Crippen molar-refractivity contribution in [2.75, 3.05) is 14.2 Å². The number of methoxy groups -OCH3 is 1. The van der Waals surface area contributed by atoms with Crippen LogP contribution in [-0.4, -0.2) is 30.0 Å². The third-order valence-corrected chi connectivity index (χ3v) is 4.09. The molecule has 1 aromatic carbocycles. The van der Waals surface area contributed by atoms with Crippen molar-refractivity contribution in [2.45, 2.75) is 44.7 Å². The number of non-ortho nitro benzene ring substituents is 1. The van der Waals surface area contributed by atoms with Crippen molar-refractivity contribution in [2.24, 2.45) is 0 Å². The summed E-state index contributed by atoms with van der Waals surface area (Å²) in [6, 6.07) is 5.37. The van der Waals surface area contributed by atoms with Gasteiger partial charge in [0.15, 0.2) is 0 Å². The maximum atomic E-state index is 10.9. The molecule has 1 aliphatic carbocycles. The molecule has 0 unspecified atom stereocenters. The molecule has 0 amide bonds. The van der Waals surface area contributed by atoms with E-state index in [1.165, 1.54) is 38.2 Å². The van der Waals surface area contributed by atoms with Crippen LogP contribution in [-0.2, 0) is 6.54 Å². The summed E-state index contributed by atoms with van der Waals surface area (Å²) in [5.74, 6) is 0.721. The predicted molar refractivity (Wildman–Crippen MR) is 78.0 cm³/mol. The molecule has 0 saturated heterocycles. The number of ether oxygens (including phenoxy) is 1. The van der Waals surface area contributed by atoms with Gasteiger partial charge in [-0.25, -0.2) is 0 Å². The van der Waals surface area contributed by atoms with E-state index >= 15 is 0 Å². The van der Waals surface area contributed by atoms with Crippen molar-refractivity contribution in [1.82, 2.24) is 4.90 Å². The molecule has 0 radical (unpaired) electrons.